The van der Waals surface area contributed by atoms with E-state index < -0.39 is 5.97 Å². The maximum absolute atomic E-state index is 10.8. The van der Waals surface area contributed by atoms with Crippen molar-refractivity contribution >= 4 is 5.97 Å². The molecule has 0 unspecified atom stereocenters. The predicted octanol–water partition coefficient (Wildman–Crippen LogP) is -0.302. The Balaban J connectivity index is 2.02. The normalized spacial score (nSPS) is 26.3. The van der Waals surface area contributed by atoms with Gasteiger partial charge < -0.3 is 20.8 Å². The van der Waals surface area contributed by atoms with Crippen molar-refractivity contribution in [2.75, 3.05) is 19.7 Å². The van der Waals surface area contributed by atoms with Gasteiger partial charge in [0.15, 0.2) is 0 Å². The molecule has 1 aliphatic heterocycles. The molecule has 0 bridgehead atoms. The van der Waals surface area contributed by atoms with E-state index in [2.05, 4.69) is 10.6 Å². The highest BCUT2D eigenvalue weighted by Crippen LogP contribution is 2.33. The first kappa shape index (κ1) is 11.8. The Hall–Kier alpha value is -0.650. The zero-order chi connectivity index (χ0) is 11.6. The van der Waals surface area contributed by atoms with Crippen molar-refractivity contribution in [1.82, 2.24) is 10.6 Å². The lowest BCUT2D eigenvalue weighted by molar-refractivity contribution is -0.139. The number of rotatable bonds is 5. The number of carbonyl (C=O) groups is 1. The minimum absolute atomic E-state index is 0.106. The third-order valence-electron chi connectivity index (χ3n) is 3.81. The topological polar surface area (TPSA) is 81.6 Å². The second-order valence-corrected chi connectivity index (χ2v) is 5.22. The van der Waals surface area contributed by atoms with Gasteiger partial charge in [-0.1, -0.05) is 12.8 Å². The number of aliphatic hydroxyl groups excluding tert-OH is 1. The van der Waals surface area contributed by atoms with Crippen LogP contribution in [0.25, 0.3) is 0 Å². The molecular formula is C11H20N2O3. The molecule has 0 amide bonds. The van der Waals surface area contributed by atoms with Crippen LogP contribution in [-0.4, -0.2) is 47.0 Å². The minimum atomic E-state index is -0.778. The SMILES string of the molecule is O=C(O)CC1(NC2(CO)CCCC2)CNC1. The first-order valence-electron chi connectivity index (χ1n) is 5.93. The summed E-state index contributed by atoms with van der Waals surface area (Å²) in [5, 5.41) is 25.0. The highest BCUT2D eigenvalue weighted by Gasteiger charge is 2.46. The van der Waals surface area contributed by atoms with Gasteiger partial charge in [0.1, 0.15) is 0 Å². The van der Waals surface area contributed by atoms with Crippen molar-refractivity contribution in [3.05, 3.63) is 0 Å². The molecule has 0 aromatic carbocycles. The molecule has 5 nitrogen and oxygen atoms in total. The monoisotopic (exact) mass is 228 g/mol. The second kappa shape index (κ2) is 4.31. The average molecular weight is 228 g/mol. The standard InChI is InChI=1S/C11H20N2O3/c14-8-10(3-1-2-4-10)13-11(5-9(15)16)6-12-7-11/h12-14H,1-8H2,(H,15,16). The summed E-state index contributed by atoms with van der Waals surface area (Å²) in [6.45, 7) is 1.47. The number of carboxylic acid groups (broad SMARTS) is 1. The van der Waals surface area contributed by atoms with E-state index in [4.69, 9.17) is 5.11 Å². The molecule has 16 heavy (non-hydrogen) atoms. The number of carboxylic acids is 1. The lowest BCUT2D eigenvalue weighted by Crippen LogP contribution is -2.73. The zero-order valence-electron chi connectivity index (χ0n) is 9.46. The summed E-state index contributed by atoms with van der Waals surface area (Å²) >= 11 is 0. The largest absolute Gasteiger partial charge is 0.481 e. The van der Waals surface area contributed by atoms with Crippen LogP contribution in [0.4, 0.5) is 0 Å². The Morgan fingerprint density at radius 2 is 1.88 bits per heavy atom. The molecule has 0 spiro atoms. The lowest BCUT2D eigenvalue weighted by Gasteiger charge is -2.48. The van der Waals surface area contributed by atoms with Crippen LogP contribution < -0.4 is 10.6 Å². The Bertz CT molecular complexity index is 270. The first-order chi connectivity index (χ1) is 7.60. The average Bonchev–Trinajstić information content (AvgIpc) is 2.63. The third kappa shape index (κ3) is 2.21. The molecule has 2 fully saturated rings. The van der Waals surface area contributed by atoms with Gasteiger partial charge in [-0.2, -0.15) is 0 Å². The molecule has 2 rings (SSSR count). The smallest absolute Gasteiger partial charge is 0.305 e. The van der Waals surface area contributed by atoms with Crippen molar-refractivity contribution in [1.29, 1.82) is 0 Å². The molecule has 92 valence electrons. The van der Waals surface area contributed by atoms with Crippen LogP contribution in [0.15, 0.2) is 0 Å². The number of aliphatic carboxylic acids is 1. The summed E-state index contributed by atoms with van der Waals surface area (Å²) in [6, 6.07) is 0. The molecule has 4 N–H and O–H groups in total. The van der Waals surface area contributed by atoms with Crippen molar-refractivity contribution in [3.63, 3.8) is 0 Å². The molecule has 1 saturated carbocycles. The molecular weight excluding hydrogens is 208 g/mol. The van der Waals surface area contributed by atoms with E-state index in [0.29, 0.717) is 13.1 Å². The fraction of sp³-hybridized carbons (Fsp3) is 0.909. The van der Waals surface area contributed by atoms with Gasteiger partial charge in [-0.3, -0.25) is 4.79 Å². The number of hydrogen-bond donors (Lipinski definition) is 4. The van der Waals surface area contributed by atoms with Gasteiger partial charge in [0.2, 0.25) is 0 Å². The minimum Gasteiger partial charge on any atom is -0.481 e. The summed E-state index contributed by atoms with van der Waals surface area (Å²) in [4.78, 5) is 10.8. The van der Waals surface area contributed by atoms with Crippen molar-refractivity contribution in [3.8, 4) is 0 Å². The lowest BCUT2D eigenvalue weighted by atomic mass is 9.84. The van der Waals surface area contributed by atoms with E-state index in [-0.39, 0.29) is 24.1 Å². The highest BCUT2D eigenvalue weighted by atomic mass is 16.4. The van der Waals surface area contributed by atoms with Crippen LogP contribution in [0.3, 0.4) is 0 Å². The molecule has 0 atom stereocenters. The molecule has 5 heteroatoms. The van der Waals surface area contributed by atoms with Crippen molar-refractivity contribution in [2.24, 2.45) is 0 Å². The fourth-order valence-corrected chi connectivity index (χ4v) is 2.91. The Morgan fingerprint density at radius 1 is 1.25 bits per heavy atom. The highest BCUT2D eigenvalue weighted by molar-refractivity contribution is 5.69. The summed E-state index contributed by atoms with van der Waals surface area (Å²) < 4.78 is 0. The van der Waals surface area contributed by atoms with Crippen LogP contribution in [0.5, 0.6) is 0 Å². The molecule has 0 aromatic rings. The quantitative estimate of drug-likeness (QED) is 0.519. The van der Waals surface area contributed by atoms with Crippen LogP contribution in [0.1, 0.15) is 32.1 Å². The second-order valence-electron chi connectivity index (χ2n) is 5.22. The van der Waals surface area contributed by atoms with Gasteiger partial charge in [0.05, 0.1) is 18.6 Å². The van der Waals surface area contributed by atoms with E-state index in [1.165, 1.54) is 0 Å². The van der Waals surface area contributed by atoms with Gasteiger partial charge in [-0.25, -0.2) is 0 Å². The number of hydrogen-bond acceptors (Lipinski definition) is 4. The fourth-order valence-electron chi connectivity index (χ4n) is 2.91. The van der Waals surface area contributed by atoms with Crippen molar-refractivity contribution < 1.29 is 15.0 Å². The van der Waals surface area contributed by atoms with Crippen LogP contribution in [0.2, 0.25) is 0 Å². The molecule has 0 aromatic heterocycles. The zero-order valence-corrected chi connectivity index (χ0v) is 9.46. The summed E-state index contributed by atoms with van der Waals surface area (Å²) in [5.74, 6) is -0.778. The van der Waals surface area contributed by atoms with Gasteiger partial charge in [-0.15, -0.1) is 0 Å². The van der Waals surface area contributed by atoms with E-state index in [0.717, 1.165) is 25.7 Å². The Kier molecular flexibility index (Phi) is 3.19. The van der Waals surface area contributed by atoms with E-state index in [1.54, 1.807) is 0 Å². The molecule has 1 aliphatic carbocycles. The Morgan fingerprint density at radius 3 is 2.25 bits per heavy atom. The maximum Gasteiger partial charge on any atom is 0.305 e. The molecule has 1 saturated heterocycles. The van der Waals surface area contributed by atoms with Gasteiger partial charge in [0.25, 0.3) is 0 Å². The number of nitrogens with one attached hydrogen (secondary N) is 2. The number of aliphatic hydroxyl groups is 1. The van der Waals surface area contributed by atoms with E-state index >= 15 is 0 Å². The maximum atomic E-state index is 10.8. The Labute approximate surface area is 95.2 Å². The van der Waals surface area contributed by atoms with Crippen LogP contribution >= 0.6 is 0 Å². The van der Waals surface area contributed by atoms with Gasteiger partial charge in [-0.05, 0) is 12.8 Å². The first-order valence-corrected chi connectivity index (χ1v) is 5.93. The van der Waals surface area contributed by atoms with Gasteiger partial charge in [0, 0.05) is 18.6 Å². The van der Waals surface area contributed by atoms with Crippen LogP contribution in [-0.2, 0) is 4.79 Å². The van der Waals surface area contributed by atoms with Crippen LogP contribution in [0, 0.1) is 0 Å². The van der Waals surface area contributed by atoms with Gasteiger partial charge >= 0.3 is 5.97 Å². The summed E-state index contributed by atoms with van der Waals surface area (Å²) in [6.07, 6.45) is 4.26. The van der Waals surface area contributed by atoms with E-state index in [1.807, 2.05) is 0 Å². The molecule has 0 radical (unpaired) electrons. The van der Waals surface area contributed by atoms with E-state index in [9.17, 15) is 9.90 Å². The summed E-state index contributed by atoms with van der Waals surface area (Å²) in [5.41, 5.74) is -0.587. The predicted molar refractivity (Wildman–Crippen MR) is 59.3 cm³/mol. The summed E-state index contributed by atoms with van der Waals surface area (Å²) in [7, 11) is 0. The third-order valence-corrected chi connectivity index (χ3v) is 3.81. The molecule has 1 heterocycles. The van der Waals surface area contributed by atoms with Crippen molar-refractivity contribution in [2.45, 2.75) is 43.2 Å². The molecule has 2 aliphatic rings.